The van der Waals surface area contributed by atoms with Crippen molar-refractivity contribution in [3.63, 3.8) is 0 Å². The molecule has 0 bridgehead atoms. The summed E-state index contributed by atoms with van der Waals surface area (Å²) in [6.07, 6.45) is 0. The number of hydrogen-bond donors (Lipinski definition) is 1. The zero-order chi connectivity index (χ0) is 13.9. The van der Waals surface area contributed by atoms with Crippen LogP contribution in [0.1, 0.15) is 0 Å². The Morgan fingerprint density at radius 1 is 1.05 bits per heavy atom. The van der Waals surface area contributed by atoms with Crippen molar-refractivity contribution in [1.82, 2.24) is 0 Å². The van der Waals surface area contributed by atoms with Gasteiger partial charge in [-0.1, -0.05) is 12.1 Å². The largest absolute Gasteiger partial charge is 0.497 e. The highest BCUT2D eigenvalue weighted by Gasteiger charge is 2.18. The van der Waals surface area contributed by atoms with E-state index in [0.717, 1.165) is 6.07 Å². The van der Waals surface area contributed by atoms with Crippen molar-refractivity contribution in [2.75, 3.05) is 11.8 Å². The summed E-state index contributed by atoms with van der Waals surface area (Å²) in [6, 6.07) is 11.5. The third-order valence-electron chi connectivity index (χ3n) is 2.47. The molecule has 0 saturated heterocycles. The molecule has 2 rings (SSSR count). The summed E-state index contributed by atoms with van der Waals surface area (Å²) < 4.78 is 44.7. The fourth-order valence-electron chi connectivity index (χ4n) is 1.53. The first-order chi connectivity index (χ1) is 9.03. The summed E-state index contributed by atoms with van der Waals surface area (Å²) >= 11 is 0. The zero-order valence-electron chi connectivity index (χ0n) is 10.1. The Hall–Kier alpha value is -2.08. The van der Waals surface area contributed by atoms with Crippen LogP contribution in [-0.4, -0.2) is 15.5 Å². The van der Waals surface area contributed by atoms with Crippen LogP contribution in [0.4, 0.5) is 10.1 Å². The van der Waals surface area contributed by atoms with Crippen LogP contribution in [-0.2, 0) is 10.0 Å². The van der Waals surface area contributed by atoms with Gasteiger partial charge >= 0.3 is 0 Å². The number of hydrogen-bond acceptors (Lipinski definition) is 3. The van der Waals surface area contributed by atoms with Gasteiger partial charge in [0, 0.05) is 5.69 Å². The Bertz CT molecular complexity index is 669. The molecule has 0 atom stereocenters. The molecule has 100 valence electrons. The Balaban J connectivity index is 2.28. The van der Waals surface area contributed by atoms with Crippen LogP contribution in [0.25, 0.3) is 0 Å². The third-order valence-corrected chi connectivity index (χ3v) is 3.88. The Morgan fingerprint density at radius 3 is 2.26 bits per heavy atom. The highest BCUT2D eigenvalue weighted by Crippen LogP contribution is 2.20. The Labute approximate surface area is 110 Å². The fraction of sp³-hybridized carbons (Fsp3) is 0.0769. The van der Waals surface area contributed by atoms with E-state index in [2.05, 4.69) is 4.72 Å². The van der Waals surface area contributed by atoms with Crippen molar-refractivity contribution < 1.29 is 17.5 Å². The van der Waals surface area contributed by atoms with Gasteiger partial charge < -0.3 is 4.74 Å². The van der Waals surface area contributed by atoms with Crippen LogP contribution in [0.2, 0.25) is 0 Å². The van der Waals surface area contributed by atoms with Gasteiger partial charge in [-0.3, -0.25) is 4.72 Å². The molecule has 0 aliphatic heterocycles. The standard InChI is InChI=1S/C13H12FNO3S/c1-18-11-8-6-10(7-9-11)15-19(16,17)13-5-3-2-4-12(13)14/h2-9,15H,1H3. The first kappa shape index (κ1) is 13.4. The maximum atomic E-state index is 13.5. The van der Waals surface area contributed by atoms with E-state index in [9.17, 15) is 12.8 Å². The van der Waals surface area contributed by atoms with E-state index in [1.54, 1.807) is 12.1 Å². The highest BCUT2D eigenvalue weighted by molar-refractivity contribution is 7.92. The lowest BCUT2D eigenvalue weighted by molar-refractivity contribution is 0.415. The summed E-state index contributed by atoms with van der Waals surface area (Å²) in [4.78, 5) is -0.384. The number of sulfonamides is 1. The van der Waals surface area contributed by atoms with Gasteiger partial charge in [-0.25, -0.2) is 12.8 Å². The molecule has 2 aromatic rings. The van der Waals surface area contributed by atoms with Crippen LogP contribution in [0.15, 0.2) is 53.4 Å². The topological polar surface area (TPSA) is 55.4 Å². The second-order valence-electron chi connectivity index (χ2n) is 3.76. The molecule has 0 saturated carbocycles. The molecule has 0 aromatic heterocycles. The van der Waals surface area contributed by atoms with E-state index in [4.69, 9.17) is 4.74 Å². The van der Waals surface area contributed by atoms with E-state index in [-0.39, 0.29) is 4.90 Å². The number of rotatable bonds is 4. The molecule has 0 spiro atoms. The second-order valence-corrected chi connectivity index (χ2v) is 5.42. The lowest BCUT2D eigenvalue weighted by atomic mass is 10.3. The summed E-state index contributed by atoms with van der Waals surface area (Å²) in [5.74, 6) is -0.183. The smallest absolute Gasteiger partial charge is 0.264 e. The van der Waals surface area contributed by atoms with Crippen LogP contribution in [0.5, 0.6) is 5.75 Å². The van der Waals surface area contributed by atoms with Crippen molar-refractivity contribution in [3.05, 3.63) is 54.3 Å². The molecule has 0 aliphatic carbocycles. The van der Waals surface area contributed by atoms with Gasteiger partial charge in [0.1, 0.15) is 16.5 Å². The van der Waals surface area contributed by atoms with E-state index in [0.29, 0.717) is 11.4 Å². The van der Waals surface area contributed by atoms with Crippen molar-refractivity contribution >= 4 is 15.7 Å². The molecular formula is C13H12FNO3S. The van der Waals surface area contributed by atoms with Crippen molar-refractivity contribution in [2.45, 2.75) is 4.90 Å². The average molecular weight is 281 g/mol. The first-order valence-electron chi connectivity index (χ1n) is 5.44. The van der Waals surface area contributed by atoms with Gasteiger partial charge in [-0.05, 0) is 36.4 Å². The molecule has 6 heteroatoms. The van der Waals surface area contributed by atoms with Crippen LogP contribution < -0.4 is 9.46 Å². The first-order valence-corrected chi connectivity index (χ1v) is 6.92. The minimum Gasteiger partial charge on any atom is -0.497 e. The van der Waals surface area contributed by atoms with Gasteiger partial charge in [0.2, 0.25) is 0 Å². The summed E-state index contributed by atoms with van der Waals surface area (Å²) in [7, 11) is -2.42. The Kier molecular flexibility index (Phi) is 3.71. The molecule has 2 aromatic carbocycles. The van der Waals surface area contributed by atoms with Gasteiger partial charge in [0.15, 0.2) is 0 Å². The maximum Gasteiger partial charge on any atom is 0.264 e. The lowest BCUT2D eigenvalue weighted by Gasteiger charge is -2.09. The van der Waals surface area contributed by atoms with Crippen LogP contribution in [0.3, 0.4) is 0 Å². The normalized spacial score (nSPS) is 11.1. The molecule has 19 heavy (non-hydrogen) atoms. The second kappa shape index (κ2) is 5.27. The molecule has 0 radical (unpaired) electrons. The van der Waals surface area contributed by atoms with Gasteiger partial charge in [0.25, 0.3) is 10.0 Å². The summed E-state index contributed by atoms with van der Waals surface area (Å²) in [6.45, 7) is 0. The number of methoxy groups -OCH3 is 1. The predicted octanol–water partition coefficient (Wildman–Crippen LogP) is 2.64. The molecule has 0 fully saturated rings. The third kappa shape index (κ3) is 3.03. The number of ether oxygens (including phenoxy) is 1. The monoisotopic (exact) mass is 281 g/mol. The number of anilines is 1. The van der Waals surface area contributed by atoms with Crippen molar-refractivity contribution in [1.29, 1.82) is 0 Å². The molecule has 0 amide bonds. The summed E-state index contributed by atoms with van der Waals surface area (Å²) in [5, 5.41) is 0. The van der Waals surface area contributed by atoms with Crippen molar-refractivity contribution in [3.8, 4) is 5.75 Å². The molecule has 1 N–H and O–H groups in total. The van der Waals surface area contributed by atoms with E-state index in [1.807, 2.05) is 0 Å². The van der Waals surface area contributed by atoms with E-state index < -0.39 is 15.8 Å². The average Bonchev–Trinajstić information content (AvgIpc) is 2.39. The van der Waals surface area contributed by atoms with E-state index >= 15 is 0 Å². The molecule has 0 aliphatic rings. The Morgan fingerprint density at radius 2 is 1.68 bits per heavy atom. The molecule has 0 heterocycles. The SMILES string of the molecule is COc1ccc(NS(=O)(=O)c2ccccc2F)cc1. The quantitative estimate of drug-likeness (QED) is 0.937. The van der Waals surface area contributed by atoms with Crippen LogP contribution >= 0.6 is 0 Å². The molecule has 4 nitrogen and oxygen atoms in total. The zero-order valence-corrected chi connectivity index (χ0v) is 10.9. The minimum absolute atomic E-state index is 0.337. The lowest BCUT2D eigenvalue weighted by Crippen LogP contribution is -2.14. The fourth-order valence-corrected chi connectivity index (χ4v) is 2.67. The molecular weight excluding hydrogens is 269 g/mol. The minimum atomic E-state index is -3.93. The van der Waals surface area contributed by atoms with Gasteiger partial charge in [0.05, 0.1) is 7.11 Å². The van der Waals surface area contributed by atoms with Crippen molar-refractivity contribution in [2.24, 2.45) is 0 Å². The van der Waals surface area contributed by atoms with Gasteiger partial charge in [-0.2, -0.15) is 0 Å². The van der Waals surface area contributed by atoms with Crippen LogP contribution in [0, 0.1) is 5.82 Å². The number of benzene rings is 2. The highest BCUT2D eigenvalue weighted by atomic mass is 32.2. The number of nitrogens with one attached hydrogen (secondary N) is 1. The maximum absolute atomic E-state index is 13.5. The van der Waals surface area contributed by atoms with E-state index in [1.165, 1.54) is 37.4 Å². The number of halogens is 1. The van der Waals surface area contributed by atoms with Gasteiger partial charge in [-0.15, -0.1) is 0 Å². The summed E-state index contributed by atoms with van der Waals surface area (Å²) in [5.41, 5.74) is 0.337. The predicted molar refractivity (Wildman–Crippen MR) is 70.2 cm³/mol. The molecule has 0 unspecified atom stereocenters.